The zero-order valence-electron chi connectivity index (χ0n) is 18.5. The lowest BCUT2D eigenvalue weighted by atomic mass is 9.90. The van der Waals surface area contributed by atoms with Gasteiger partial charge in [-0.25, -0.2) is 4.98 Å². The molecule has 5 nitrogen and oxygen atoms in total. The third-order valence-electron chi connectivity index (χ3n) is 6.43. The average Bonchev–Trinajstić information content (AvgIpc) is 3.24. The van der Waals surface area contributed by atoms with Gasteiger partial charge in [0.1, 0.15) is 11.4 Å². The predicted molar refractivity (Wildman–Crippen MR) is 125 cm³/mol. The van der Waals surface area contributed by atoms with Gasteiger partial charge in [0.15, 0.2) is 0 Å². The summed E-state index contributed by atoms with van der Waals surface area (Å²) >= 11 is 0. The molecule has 1 amide bonds. The Labute approximate surface area is 188 Å². The number of hydrogen-bond donors (Lipinski definition) is 0. The Kier molecular flexibility index (Phi) is 5.39. The fraction of sp³-hybridized carbons (Fsp3) is 0.259. The summed E-state index contributed by atoms with van der Waals surface area (Å²) in [7, 11) is 1.68. The number of aryl methyl sites for hydroxylation is 1. The monoisotopic (exact) mass is 425 g/mol. The number of amides is 1. The van der Waals surface area contributed by atoms with E-state index in [0.717, 1.165) is 41.2 Å². The maximum Gasteiger partial charge on any atom is 0.223 e. The van der Waals surface area contributed by atoms with Gasteiger partial charge in [0.05, 0.1) is 12.8 Å². The number of para-hydroxylation sites is 1. The second-order valence-corrected chi connectivity index (χ2v) is 8.45. The summed E-state index contributed by atoms with van der Waals surface area (Å²) < 4.78 is 7.76. The highest BCUT2D eigenvalue weighted by molar-refractivity contribution is 5.78. The van der Waals surface area contributed by atoms with Crippen LogP contribution in [0.1, 0.15) is 40.3 Å². The number of benzene rings is 2. The molecule has 2 aromatic carbocycles. The SMILES string of the molecule is COc1ccccc1C(CC(=O)N1CCc2ccccc2C1)c1cnc2cc(C)ccn12. The number of imidazole rings is 1. The normalized spacial score (nSPS) is 14.2. The van der Waals surface area contributed by atoms with Gasteiger partial charge in [0.2, 0.25) is 5.91 Å². The number of nitrogens with zero attached hydrogens (tertiary/aromatic N) is 3. The molecule has 32 heavy (non-hydrogen) atoms. The molecule has 0 radical (unpaired) electrons. The first-order chi connectivity index (χ1) is 15.6. The van der Waals surface area contributed by atoms with E-state index in [1.807, 2.05) is 41.6 Å². The molecule has 1 atom stereocenters. The van der Waals surface area contributed by atoms with Gasteiger partial charge in [-0.05, 0) is 48.2 Å². The van der Waals surface area contributed by atoms with Gasteiger partial charge in [-0.2, -0.15) is 0 Å². The van der Waals surface area contributed by atoms with Crippen LogP contribution >= 0.6 is 0 Å². The third kappa shape index (κ3) is 3.75. The van der Waals surface area contributed by atoms with Crippen LogP contribution in [0, 0.1) is 6.92 Å². The fourth-order valence-corrected chi connectivity index (χ4v) is 4.70. The van der Waals surface area contributed by atoms with Crippen LogP contribution in [0.3, 0.4) is 0 Å². The van der Waals surface area contributed by atoms with Crippen molar-refractivity contribution in [2.45, 2.75) is 32.2 Å². The Hall–Kier alpha value is -3.60. The van der Waals surface area contributed by atoms with Gasteiger partial charge < -0.3 is 14.0 Å². The minimum absolute atomic E-state index is 0.150. The van der Waals surface area contributed by atoms with Gasteiger partial charge >= 0.3 is 0 Å². The van der Waals surface area contributed by atoms with Gasteiger partial charge in [-0.15, -0.1) is 0 Å². The molecule has 0 spiro atoms. The minimum atomic E-state index is -0.159. The Bertz CT molecular complexity index is 1280. The molecule has 3 heterocycles. The largest absolute Gasteiger partial charge is 0.496 e. The molecule has 0 N–H and O–H groups in total. The second kappa shape index (κ2) is 8.50. The Morgan fingerprint density at radius 1 is 1.09 bits per heavy atom. The fourth-order valence-electron chi connectivity index (χ4n) is 4.70. The van der Waals surface area contributed by atoms with Crippen molar-refractivity contribution < 1.29 is 9.53 Å². The Balaban J connectivity index is 1.51. The number of carbonyl (C=O) groups excluding carboxylic acids is 1. The van der Waals surface area contributed by atoms with Crippen LogP contribution in [0.4, 0.5) is 0 Å². The van der Waals surface area contributed by atoms with Crippen LogP contribution in [0.15, 0.2) is 73.1 Å². The van der Waals surface area contributed by atoms with Gasteiger partial charge in [0.25, 0.3) is 0 Å². The lowest BCUT2D eigenvalue weighted by Gasteiger charge is -2.30. The molecular weight excluding hydrogens is 398 g/mol. The highest BCUT2D eigenvalue weighted by atomic mass is 16.5. The standard InChI is InChI=1S/C27H27N3O2/c1-19-11-14-30-24(17-28-26(30)15-19)23(22-9-5-6-10-25(22)32-2)16-27(31)29-13-12-20-7-3-4-8-21(20)18-29/h3-11,14-15,17,23H,12-13,16,18H2,1-2H3. The maximum atomic E-state index is 13.5. The quantitative estimate of drug-likeness (QED) is 0.463. The summed E-state index contributed by atoms with van der Waals surface area (Å²) in [5.74, 6) is 0.780. The van der Waals surface area contributed by atoms with Crippen molar-refractivity contribution in [3.8, 4) is 5.75 Å². The van der Waals surface area contributed by atoms with Crippen molar-refractivity contribution in [3.05, 3.63) is 101 Å². The number of aromatic nitrogens is 2. The van der Waals surface area contributed by atoms with E-state index in [1.165, 1.54) is 11.1 Å². The van der Waals surface area contributed by atoms with Crippen molar-refractivity contribution in [3.63, 3.8) is 0 Å². The molecule has 4 aromatic rings. The van der Waals surface area contributed by atoms with Crippen molar-refractivity contribution in [1.29, 1.82) is 0 Å². The summed E-state index contributed by atoms with van der Waals surface area (Å²) in [6.07, 6.45) is 5.20. The van der Waals surface area contributed by atoms with E-state index in [1.54, 1.807) is 7.11 Å². The molecule has 5 rings (SSSR count). The number of carbonyl (C=O) groups is 1. The van der Waals surface area contributed by atoms with Gasteiger partial charge in [0, 0.05) is 43.4 Å². The highest BCUT2D eigenvalue weighted by Gasteiger charge is 2.28. The average molecular weight is 426 g/mol. The maximum absolute atomic E-state index is 13.5. The second-order valence-electron chi connectivity index (χ2n) is 8.45. The number of methoxy groups -OCH3 is 1. The smallest absolute Gasteiger partial charge is 0.223 e. The molecule has 0 bridgehead atoms. The van der Waals surface area contributed by atoms with Crippen molar-refractivity contribution in [1.82, 2.24) is 14.3 Å². The van der Waals surface area contributed by atoms with Crippen LogP contribution < -0.4 is 4.74 Å². The van der Waals surface area contributed by atoms with Crippen LogP contribution in [-0.2, 0) is 17.8 Å². The summed E-state index contributed by atoms with van der Waals surface area (Å²) in [6.45, 7) is 3.48. The van der Waals surface area contributed by atoms with E-state index in [0.29, 0.717) is 13.0 Å². The van der Waals surface area contributed by atoms with Crippen molar-refractivity contribution in [2.24, 2.45) is 0 Å². The van der Waals surface area contributed by atoms with Gasteiger partial charge in [-0.1, -0.05) is 42.5 Å². The molecule has 0 saturated carbocycles. The molecule has 1 aliphatic rings. The minimum Gasteiger partial charge on any atom is -0.496 e. The van der Waals surface area contributed by atoms with E-state index in [4.69, 9.17) is 4.74 Å². The molecular formula is C27H27N3O2. The number of ether oxygens (including phenoxy) is 1. The molecule has 0 saturated heterocycles. The van der Waals surface area contributed by atoms with Crippen LogP contribution in [0.25, 0.3) is 5.65 Å². The van der Waals surface area contributed by atoms with E-state index < -0.39 is 0 Å². The van der Waals surface area contributed by atoms with E-state index >= 15 is 0 Å². The number of pyridine rings is 1. The predicted octanol–water partition coefficient (Wildman–Crippen LogP) is 4.76. The Morgan fingerprint density at radius 3 is 2.72 bits per heavy atom. The summed E-state index contributed by atoms with van der Waals surface area (Å²) in [4.78, 5) is 20.1. The van der Waals surface area contributed by atoms with Gasteiger partial charge in [-0.3, -0.25) is 4.79 Å². The molecule has 1 aliphatic heterocycles. The highest BCUT2D eigenvalue weighted by Crippen LogP contribution is 2.35. The number of fused-ring (bicyclic) bond motifs is 2. The first-order valence-electron chi connectivity index (χ1n) is 11.0. The summed E-state index contributed by atoms with van der Waals surface area (Å²) in [5.41, 5.74) is 6.63. The zero-order chi connectivity index (χ0) is 22.1. The third-order valence-corrected chi connectivity index (χ3v) is 6.43. The van der Waals surface area contributed by atoms with Crippen LogP contribution in [-0.4, -0.2) is 33.8 Å². The summed E-state index contributed by atoms with van der Waals surface area (Å²) in [6, 6.07) is 20.5. The molecule has 0 aliphatic carbocycles. The lowest BCUT2D eigenvalue weighted by Crippen LogP contribution is -2.36. The van der Waals surface area contributed by atoms with E-state index in [2.05, 4.69) is 52.7 Å². The van der Waals surface area contributed by atoms with Crippen LogP contribution in [0.5, 0.6) is 5.75 Å². The van der Waals surface area contributed by atoms with Crippen LogP contribution in [0.2, 0.25) is 0 Å². The zero-order valence-corrected chi connectivity index (χ0v) is 18.5. The first kappa shape index (κ1) is 20.3. The Morgan fingerprint density at radius 2 is 1.88 bits per heavy atom. The molecule has 5 heteroatoms. The summed E-state index contributed by atoms with van der Waals surface area (Å²) in [5, 5.41) is 0. The molecule has 0 fully saturated rings. The van der Waals surface area contributed by atoms with Crippen molar-refractivity contribution in [2.75, 3.05) is 13.7 Å². The topological polar surface area (TPSA) is 46.8 Å². The number of hydrogen-bond acceptors (Lipinski definition) is 3. The molecule has 1 unspecified atom stereocenters. The van der Waals surface area contributed by atoms with E-state index in [9.17, 15) is 4.79 Å². The lowest BCUT2D eigenvalue weighted by molar-refractivity contribution is -0.132. The van der Waals surface area contributed by atoms with E-state index in [-0.39, 0.29) is 11.8 Å². The van der Waals surface area contributed by atoms with Crippen molar-refractivity contribution >= 4 is 11.6 Å². The number of rotatable bonds is 5. The molecule has 162 valence electrons. The first-order valence-corrected chi connectivity index (χ1v) is 11.0. The molecule has 2 aromatic heterocycles.